The molecule has 0 bridgehead atoms. The van der Waals surface area contributed by atoms with Gasteiger partial charge in [-0.05, 0) is 50.3 Å². The molecule has 1 aromatic heterocycles. The Morgan fingerprint density at radius 1 is 1.42 bits per heavy atom. The molecule has 1 unspecified atom stereocenters. The lowest BCUT2D eigenvalue weighted by atomic mass is 10.0. The van der Waals surface area contributed by atoms with Crippen LogP contribution in [-0.4, -0.2) is 39.2 Å². The van der Waals surface area contributed by atoms with Crippen molar-refractivity contribution in [1.29, 1.82) is 0 Å². The minimum absolute atomic E-state index is 0.212. The summed E-state index contributed by atoms with van der Waals surface area (Å²) in [5.74, 6) is 1.04. The normalized spacial score (nSPS) is 20.3. The van der Waals surface area contributed by atoms with Gasteiger partial charge in [0.25, 0.3) is 5.91 Å². The molecule has 1 atom stereocenters. The number of aromatic nitrogens is 1. The minimum Gasteiger partial charge on any atom is -0.387 e. The van der Waals surface area contributed by atoms with E-state index in [1.807, 2.05) is 24.5 Å². The van der Waals surface area contributed by atoms with E-state index in [0.29, 0.717) is 23.4 Å². The molecule has 128 valence electrons. The number of hydrogen-bond donors (Lipinski definition) is 2. The number of halogens is 1. The number of thioether (sulfide) groups is 1. The summed E-state index contributed by atoms with van der Waals surface area (Å²) in [5.41, 5.74) is 2.04. The molecule has 4 nitrogen and oxygen atoms in total. The van der Waals surface area contributed by atoms with E-state index in [0.717, 1.165) is 17.1 Å². The highest BCUT2D eigenvalue weighted by molar-refractivity contribution is 7.99. The zero-order chi connectivity index (χ0) is 17.3. The van der Waals surface area contributed by atoms with Crippen LogP contribution >= 0.6 is 11.8 Å². The van der Waals surface area contributed by atoms with Gasteiger partial charge < -0.3 is 15.0 Å². The van der Waals surface area contributed by atoms with Gasteiger partial charge in [-0.15, -0.1) is 0 Å². The minimum atomic E-state index is -0.811. The zero-order valence-electron chi connectivity index (χ0n) is 13.8. The maximum atomic E-state index is 13.5. The van der Waals surface area contributed by atoms with Crippen LogP contribution in [0.3, 0.4) is 0 Å². The Hall–Kier alpha value is -1.79. The van der Waals surface area contributed by atoms with Gasteiger partial charge >= 0.3 is 0 Å². The van der Waals surface area contributed by atoms with E-state index in [1.54, 1.807) is 23.9 Å². The molecule has 1 aliphatic rings. The Balaban J connectivity index is 1.82. The van der Waals surface area contributed by atoms with Crippen molar-refractivity contribution >= 4 is 17.7 Å². The quantitative estimate of drug-likeness (QED) is 0.893. The molecule has 0 saturated carbocycles. The van der Waals surface area contributed by atoms with E-state index in [9.17, 15) is 14.3 Å². The van der Waals surface area contributed by atoms with Crippen molar-refractivity contribution in [2.75, 3.05) is 18.1 Å². The van der Waals surface area contributed by atoms with Gasteiger partial charge in [0.1, 0.15) is 5.82 Å². The average molecular weight is 348 g/mol. The second kappa shape index (κ2) is 6.61. The van der Waals surface area contributed by atoms with Crippen molar-refractivity contribution < 1.29 is 14.3 Å². The second-order valence-electron chi connectivity index (χ2n) is 6.31. The standard InChI is InChI=1S/C18H21FN2O2S/c1-12-8-16(17(22)20-10-18(23)6-7-24-11-18)13(2)21(12)15-5-3-4-14(19)9-15/h3-5,8-9,23H,6-7,10-11H2,1-2H3,(H,20,22). The SMILES string of the molecule is Cc1cc(C(=O)NCC2(O)CCSC2)c(C)n1-c1cccc(F)c1. The summed E-state index contributed by atoms with van der Waals surface area (Å²) in [6.45, 7) is 3.98. The Bertz CT molecular complexity index is 766. The third-order valence-electron chi connectivity index (χ3n) is 4.40. The van der Waals surface area contributed by atoms with Gasteiger partial charge in [-0.2, -0.15) is 11.8 Å². The van der Waals surface area contributed by atoms with Crippen LogP contribution in [0, 0.1) is 19.7 Å². The molecule has 0 spiro atoms. The number of aryl methyl sites for hydroxylation is 1. The lowest BCUT2D eigenvalue weighted by Crippen LogP contribution is -2.43. The van der Waals surface area contributed by atoms with Crippen LogP contribution in [-0.2, 0) is 0 Å². The number of benzene rings is 1. The molecule has 2 aromatic rings. The van der Waals surface area contributed by atoms with Crippen LogP contribution in [0.1, 0.15) is 28.2 Å². The number of carbonyl (C=O) groups is 1. The number of nitrogens with one attached hydrogen (secondary N) is 1. The fraction of sp³-hybridized carbons (Fsp3) is 0.389. The van der Waals surface area contributed by atoms with Crippen LogP contribution in [0.5, 0.6) is 0 Å². The smallest absolute Gasteiger partial charge is 0.253 e. The highest BCUT2D eigenvalue weighted by Gasteiger charge is 2.32. The summed E-state index contributed by atoms with van der Waals surface area (Å²) < 4.78 is 15.4. The summed E-state index contributed by atoms with van der Waals surface area (Å²) in [5, 5.41) is 13.2. The molecule has 3 rings (SSSR count). The Kier molecular flexibility index (Phi) is 4.69. The van der Waals surface area contributed by atoms with Crippen molar-refractivity contribution in [3.8, 4) is 5.69 Å². The first-order valence-corrected chi connectivity index (χ1v) is 9.08. The molecule has 2 heterocycles. The van der Waals surface area contributed by atoms with Gasteiger partial charge in [0.05, 0.1) is 11.2 Å². The van der Waals surface area contributed by atoms with Crippen LogP contribution in [0.2, 0.25) is 0 Å². The van der Waals surface area contributed by atoms with E-state index in [4.69, 9.17) is 0 Å². The van der Waals surface area contributed by atoms with Crippen molar-refractivity contribution in [1.82, 2.24) is 9.88 Å². The predicted octanol–water partition coefficient (Wildman–Crippen LogP) is 2.83. The first kappa shape index (κ1) is 17.0. The molecular weight excluding hydrogens is 327 g/mol. The van der Waals surface area contributed by atoms with Gasteiger partial charge in [0.2, 0.25) is 0 Å². The number of carbonyl (C=O) groups excluding carboxylic acids is 1. The zero-order valence-corrected chi connectivity index (χ0v) is 14.6. The van der Waals surface area contributed by atoms with E-state index in [1.165, 1.54) is 12.1 Å². The molecule has 0 aliphatic carbocycles. The first-order chi connectivity index (χ1) is 11.4. The van der Waals surface area contributed by atoms with Crippen LogP contribution < -0.4 is 5.32 Å². The second-order valence-corrected chi connectivity index (χ2v) is 7.41. The maximum absolute atomic E-state index is 13.5. The average Bonchev–Trinajstić information content (AvgIpc) is 3.09. The third-order valence-corrected chi connectivity index (χ3v) is 5.64. The molecule has 2 N–H and O–H groups in total. The van der Waals surface area contributed by atoms with Gasteiger partial charge in [-0.1, -0.05) is 6.07 Å². The topological polar surface area (TPSA) is 54.3 Å². The summed E-state index contributed by atoms with van der Waals surface area (Å²) >= 11 is 1.70. The summed E-state index contributed by atoms with van der Waals surface area (Å²) in [6, 6.07) is 8.09. The largest absolute Gasteiger partial charge is 0.387 e. The monoisotopic (exact) mass is 348 g/mol. The Labute approximate surface area is 145 Å². The van der Waals surface area contributed by atoms with Crippen LogP contribution in [0.4, 0.5) is 4.39 Å². The lowest BCUT2D eigenvalue weighted by Gasteiger charge is -2.21. The number of amides is 1. The highest BCUT2D eigenvalue weighted by Crippen LogP contribution is 2.27. The Morgan fingerprint density at radius 2 is 2.21 bits per heavy atom. The number of aliphatic hydroxyl groups is 1. The van der Waals surface area contributed by atoms with Gasteiger partial charge in [0.15, 0.2) is 0 Å². The number of hydrogen-bond acceptors (Lipinski definition) is 3. The molecule has 0 radical (unpaired) electrons. The summed E-state index contributed by atoms with van der Waals surface area (Å²) in [7, 11) is 0. The van der Waals surface area contributed by atoms with Crippen molar-refractivity contribution in [2.24, 2.45) is 0 Å². The number of rotatable bonds is 4. The van der Waals surface area contributed by atoms with E-state index in [-0.39, 0.29) is 18.3 Å². The molecule has 1 saturated heterocycles. The van der Waals surface area contributed by atoms with Crippen molar-refractivity contribution in [2.45, 2.75) is 25.9 Å². The van der Waals surface area contributed by atoms with E-state index in [2.05, 4.69) is 5.32 Å². The first-order valence-electron chi connectivity index (χ1n) is 7.93. The summed E-state index contributed by atoms with van der Waals surface area (Å²) in [6.07, 6.45) is 0.695. The fourth-order valence-electron chi connectivity index (χ4n) is 3.08. The van der Waals surface area contributed by atoms with E-state index >= 15 is 0 Å². The fourth-order valence-corrected chi connectivity index (χ4v) is 4.38. The molecule has 24 heavy (non-hydrogen) atoms. The molecule has 1 fully saturated rings. The van der Waals surface area contributed by atoms with Gasteiger partial charge in [0, 0.05) is 29.4 Å². The maximum Gasteiger partial charge on any atom is 0.253 e. The number of nitrogens with zero attached hydrogens (tertiary/aromatic N) is 1. The molecule has 1 amide bonds. The molecular formula is C18H21FN2O2S. The third kappa shape index (κ3) is 3.35. The molecule has 1 aliphatic heterocycles. The highest BCUT2D eigenvalue weighted by atomic mass is 32.2. The Morgan fingerprint density at radius 3 is 2.88 bits per heavy atom. The van der Waals surface area contributed by atoms with Crippen LogP contribution in [0.25, 0.3) is 5.69 Å². The van der Waals surface area contributed by atoms with Crippen molar-refractivity contribution in [3.63, 3.8) is 0 Å². The van der Waals surface area contributed by atoms with Gasteiger partial charge in [-0.3, -0.25) is 4.79 Å². The molecule has 1 aromatic carbocycles. The van der Waals surface area contributed by atoms with Crippen molar-refractivity contribution in [3.05, 3.63) is 53.1 Å². The van der Waals surface area contributed by atoms with Gasteiger partial charge in [-0.25, -0.2) is 4.39 Å². The predicted molar refractivity (Wildman–Crippen MR) is 94.4 cm³/mol. The lowest BCUT2D eigenvalue weighted by molar-refractivity contribution is 0.0612. The summed E-state index contributed by atoms with van der Waals surface area (Å²) in [4.78, 5) is 12.5. The molecule has 6 heteroatoms. The van der Waals surface area contributed by atoms with E-state index < -0.39 is 5.60 Å². The van der Waals surface area contributed by atoms with Crippen LogP contribution in [0.15, 0.2) is 30.3 Å².